The van der Waals surface area contributed by atoms with Gasteiger partial charge >= 0.3 is 23.9 Å². The highest BCUT2D eigenvalue weighted by molar-refractivity contribution is 5.92. The molecular weight excluding hydrogens is 346 g/mol. The summed E-state index contributed by atoms with van der Waals surface area (Å²) in [5.41, 5.74) is 5.11. The van der Waals surface area contributed by atoms with Crippen LogP contribution in [-0.2, 0) is 28.8 Å². The Labute approximate surface area is 139 Å². The SMILES string of the molecule is N[C@@H](CC(=O)N[C@H](CC(=O)N[C@H](CC(=O)O)C(=O)O)C(=O)O)C(=O)O. The molecule has 0 aromatic rings. The normalized spacial score (nSPS) is 13.8. The van der Waals surface area contributed by atoms with Crippen molar-refractivity contribution in [2.75, 3.05) is 0 Å². The number of hydrogen-bond donors (Lipinski definition) is 7. The third kappa shape index (κ3) is 8.85. The van der Waals surface area contributed by atoms with Crippen LogP contribution in [0.2, 0.25) is 0 Å². The fourth-order valence-electron chi connectivity index (χ4n) is 1.55. The lowest BCUT2D eigenvalue weighted by molar-refractivity contribution is -0.148. The number of carboxylic acid groups (broad SMARTS) is 4. The predicted octanol–water partition coefficient (Wildman–Crippen LogP) is -3.21. The number of nitrogens with one attached hydrogen (secondary N) is 2. The van der Waals surface area contributed by atoms with Crippen molar-refractivity contribution in [3.63, 3.8) is 0 Å². The second-order valence-electron chi connectivity index (χ2n) is 4.87. The van der Waals surface area contributed by atoms with Crippen molar-refractivity contribution < 1.29 is 49.2 Å². The Morgan fingerprint density at radius 3 is 1.44 bits per heavy atom. The highest BCUT2D eigenvalue weighted by atomic mass is 16.4. The van der Waals surface area contributed by atoms with Gasteiger partial charge in [0, 0.05) is 0 Å². The lowest BCUT2D eigenvalue weighted by atomic mass is 10.1. The lowest BCUT2D eigenvalue weighted by Crippen LogP contribution is -2.49. The van der Waals surface area contributed by atoms with Crippen LogP contribution in [0.3, 0.4) is 0 Å². The van der Waals surface area contributed by atoms with E-state index in [2.05, 4.69) is 0 Å². The molecule has 0 unspecified atom stereocenters. The van der Waals surface area contributed by atoms with E-state index in [0.717, 1.165) is 0 Å². The van der Waals surface area contributed by atoms with Crippen molar-refractivity contribution >= 4 is 35.7 Å². The topological polar surface area (TPSA) is 233 Å². The molecule has 0 aliphatic rings. The summed E-state index contributed by atoms with van der Waals surface area (Å²) < 4.78 is 0. The number of amides is 2. The van der Waals surface area contributed by atoms with Gasteiger partial charge in [-0.3, -0.25) is 19.2 Å². The van der Waals surface area contributed by atoms with Crippen molar-refractivity contribution in [1.29, 1.82) is 0 Å². The molecule has 140 valence electrons. The summed E-state index contributed by atoms with van der Waals surface area (Å²) in [7, 11) is 0. The first kappa shape index (κ1) is 21.8. The van der Waals surface area contributed by atoms with Gasteiger partial charge in [-0.1, -0.05) is 0 Å². The van der Waals surface area contributed by atoms with Crippen LogP contribution in [0.1, 0.15) is 19.3 Å². The molecule has 2 amide bonds. The zero-order valence-corrected chi connectivity index (χ0v) is 12.7. The maximum Gasteiger partial charge on any atom is 0.326 e. The van der Waals surface area contributed by atoms with Crippen LogP contribution in [0.5, 0.6) is 0 Å². The molecular formula is C12H17N3O10. The summed E-state index contributed by atoms with van der Waals surface area (Å²) in [6.07, 6.45) is -2.57. The van der Waals surface area contributed by atoms with Gasteiger partial charge in [-0.25, -0.2) is 9.59 Å². The highest BCUT2D eigenvalue weighted by Gasteiger charge is 2.28. The molecule has 0 aliphatic carbocycles. The number of carbonyl (C=O) groups is 6. The van der Waals surface area contributed by atoms with Gasteiger partial charge in [-0.2, -0.15) is 0 Å². The van der Waals surface area contributed by atoms with Crippen LogP contribution in [0.15, 0.2) is 0 Å². The second kappa shape index (κ2) is 9.82. The molecule has 3 atom stereocenters. The van der Waals surface area contributed by atoms with Crippen LogP contribution in [-0.4, -0.2) is 74.2 Å². The minimum absolute atomic E-state index is 0.739. The zero-order valence-electron chi connectivity index (χ0n) is 12.7. The van der Waals surface area contributed by atoms with Gasteiger partial charge < -0.3 is 36.8 Å². The van der Waals surface area contributed by atoms with Crippen molar-refractivity contribution in [3.05, 3.63) is 0 Å². The molecule has 25 heavy (non-hydrogen) atoms. The van der Waals surface area contributed by atoms with Crippen LogP contribution in [0, 0.1) is 0 Å². The number of nitrogens with two attached hydrogens (primary N) is 1. The summed E-state index contributed by atoms with van der Waals surface area (Å²) in [4.78, 5) is 66.0. The first-order valence-electron chi connectivity index (χ1n) is 6.68. The molecule has 0 radical (unpaired) electrons. The molecule has 0 saturated carbocycles. The number of carbonyl (C=O) groups excluding carboxylic acids is 2. The summed E-state index contributed by atoms with van der Waals surface area (Å²) in [6.45, 7) is 0. The highest BCUT2D eigenvalue weighted by Crippen LogP contribution is 1.99. The van der Waals surface area contributed by atoms with E-state index in [1.165, 1.54) is 0 Å². The molecule has 0 heterocycles. The van der Waals surface area contributed by atoms with Gasteiger partial charge in [0.25, 0.3) is 0 Å². The van der Waals surface area contributed by atoms with Gasteiger partial charge in [0.15, 0.2) is 0 Å². The Kier molecular flexibility index (Phi) is 8.55. The van der Waals surface area contributed by atoms with E-state index in [0.29, 0.717) is 0 Å². The van der Waals surface area contributed by atoms with Crippen LogP contribution < -0.4 is 16.4 Å². The zero-order chi connectivity index (χ0) is 19.7. The van der Waals surface area contributed by atoms with E-state index in [9.17, 15) is 28.8 Å². The monoisotopic (exact) mass is 363 g/mol. The lowest BCUT2D eigenvalue weighted by Gasteiger charge is -2.17. The molecule has 0 fully saturated rings. The Bertz CT molecular complexity index is 575. The first-order valence-corrected chi connectivity index (χ1v) is 6.68. The van der Waals surface area contributed by atoms with Crippen molar-refractivity contribution in [2.24, 2.45) is 5.73 Å². The maximum absolute atomic E-state index is 11.7. The van der Waals surface area contributed by atoms with Gasteiger partial charge in [0.05, 0.1) is 19.3 Å². The van der Waals surface area contributed by atoms with Gasteiger partial charge in [0.1, 0.15) is 18.1 Å². The first-order chi connectivity index (χ1) is 11.4. The van der Waals surface area contributed by atoms with E-state index < -0.39 is 73.1 Å². The van der Waals surface area contributed by atoms with Gasteiger partial charge in [-0.05, 0) is 0 Å². The Hall–Kier alpha value is -3.22. The molecule has 0 aromatic heterocycles. The summed E-state index contributed by atoms with van der Waals surface area (Å²) in [5.74, 6) is -8.45. The molecule has 8 N–H and O–H groups in total. The second-order valence-corrected chi connectivity index (χ2v) is 4.87. The molecule has 0 aromatic carbocycles. The predicted molar refractivity (Wildman–Crippen MR) is 76.2 cm³/mol. The van der Waals surface area contributed by atoms with Gasteiger partial charge in [-0.15, -0.1) is 0 Å². The van der Waals surface area contributed by atoms with E-state index >= 15 is 0 Å². The fourth-order valence-corrected chi connectivity index (χ4v) is 1.55. The van der Waals surface area contributed by atoms with Crippen LogP contribution in [0.25, 0.3) is 0 Å². The fraction of sp³-hybridized carbons (Fsp3) is 0.500. The standard InChI is InChI=1S/C12H17N3O10/c13-4(10(20)21)1-7(16)14-5(11(22)23)2-8(17)15-6(12(24)25)3-9(18)19/h4-6H,1-3,13H2,(H,14,16)(H,15,17)(H,18,19)(H,20,21)(H,22,23)(H,24,25)/t4-,5+,6+/m0/s1. The third-order valence-electron chi connectivity index (χ3n) is 2.76. The van der Waals surface area contributed by atoms with Crippen molar-refractivity contribution in [1.82, 2.24) is 10.6 Å². The summed E-state index contributed by atoms with van der Waals surface area (Å²) in [6, 6.07) is -5.14. The average Bonchev–Trinajstić information content (AvgIpc) is 2.44. The quantitative estimate of drug-likeness (QED) is 0.193. The number of hydrogen-bond acceptors (Lipinski definition) is 7. The number of carboxylic acids is 4. The molecule has 0 saturated heterocycles. The molecule has 0 rings (SSSR count). The van der Waals surface area contributed by atoms with Crippen LogP contribution in [0.4, 0.5) is 0 Å². The van der Waals surface area contributed by atoms with E-state index in [1.54, 1.807) is 0 Å². The minimum Gasteiger partial charge on any atom is -0.481 e. The van der Waals surface area contributed by atoms with E-state index in [1.807, 2.05) is 10.6 Å². The van der Waals surface area contributed by atoms with E-state index in [4.69, 9.17) is 26.2 Å². The van der Waals surface area contributed by atoms with Crippen molar-refractivity contribution in [3.8, 4) is 0 Å². The molecule has 0 aliphatic heterocycles. The summed E-state index contributed by atoms with van der Waals surface area (Å²) >= 11 is 0. The molecule has 13 nitrogen and oxygen atoms in total. The van der Waals surface area contributed by atoms with Crippen LogP contribution >= 0.6 is 0 Å². The largest absolute Gasteiger partial charge is 0.481 e. The molecule has 0 bridgehead atoms. The smallest absolute Gasteiger partial charge is 0.326 e. The Morgan fingerprint density at radius 2 is 1.08 bits per heavy atom. The average molecular weight is 363 g/mol. The Balaban J connectivity index is 4.79. The number of aliphatic carboxylic acids is 4. The Morgan fingerprint density at radius 1 is 0.680 bits per heavy atom. The summed E-state index contributed by atoms with van der Waals surface area (Å²) in [5, 5.41) is 38.5. The molecule has 0 spiro atoms. The minimum atomic E-state index is -1.78. The third-order valence-corrected chi connectivity index (χ3v) is 2.76. The van der Waals surface area contributed by atoms with Gasteiger partial charge in [0.2, 0.25) is 11.8 Å². The molecule has 13 heteroatoms. The van der Waals surface area contributed by atoms with Crippen molar-refractivity contribution in [2.45, 2.75) is 37.4 Å². The maximum atomic E-state index is 11.7. The van der Waals surface area contributed by atoms with E-state index in [-0.39, 0.29) is 0 Å². The number of rotatable bonds is 11.